The smallest absolute Gasteiger partial charge is 0.254 e. The summed E-state index contributed by atoms with van der Waals surface area (Å²) in [6, 6.07) is 10.9. The summed E-state index contributed by atoms with van der Waals surface area (Å²) >= 11 is 0. The van der Waals surface area contributed by atoms with Gasteiger partial charge in [-0.2, -0.15) is 0 Å². The van der Waals surface area contributed by atoms with Crippen molar-refractivity contribution in [1.82, 2.24) is 9.80 Å². The molecule has 2 amide bonds. The topological polar surface area (TPSA) is 59.1 Å². The van der Waals surface area contributed by atoms with Crippen LogP contribution in [0.1, 0.15) is 45.7 Å². The van der Waals surface area contributed by atoms with Gasteiger partial charge in [-0.15, -0.1) is 0 Å². The zero-order valence-electron chi connectivity index (χ0n) is 17.5. The molecule has 0 fully saturated rings. The third-order valence-corrected chi connectivity index (χ3v) is 5.43. The Kier molecular flexibility index (Phi) is 6.42. The van der Waals surface area contributed by atoms with Crippen LogP contribution < -0.4 is 9.47 Å². The molecule has 0 saturated heterocycles. The molecule has 0 aromatic heterocycles. The number of methoxy groups -OCH3 is 2. The van der Waals surface area contributed by atoms with Crippen LogP contribution in [0.25, 0.3) is 0 Å². The fraction of sp³-hybridized carbons (Fsp3) is 0.391. The van der Waals surface area contributed by atoms with Gasteiger partial charge in [0.2, 0.25) is 0 Å². The van der Waals surface area contributed by atoms with Crippen LogP contribution in [0.15, 0.2) is 36.4 Å². The van der Waals surface area contributed by atoms with Gasteiger partial charge in [0.1, 0.15) is 0 Å². The van der Waals surface area contributed by atoms with E-state index in [0.29, 0.717) is 48.8 Å². The molecule has 0 bridgehead atoms. The van der Waals surface area contributed by atoms with E-state index in [1.54, 1.807) is 43.4 Å². The summed E-state index contributed by atoms with van der Waals surface area (Å²) in [5.41, 5.74) is 3.43. The Morgan fingerprint density at radius 1 is 0.931 bits per heavy atom. The first-order valence-corrected chi connectivity index (χ1v) is 9.94. The molecular weight excluding hydrogens is 368 g/mol. The predicted octanol–water partition coefficient (Wildman–Crippen LogP) is 3.38. The number of benzene rings is 2. The van der Waals surface area contributed by atoms with Crippen molar-refractivity contribution >= 4 is 11.8 Å². The third-order valence-electron chi connectivity index (χ3n) is 5.43. The van der Waals surface area contributed by atoms with Gasteiger partial charge in [0, 0.05) is 37.3 Å². The van der Waals surface area contributed by atoms with Gasteiger partial charge in [0.25, 0.3) is 11.8 Å². The van der Waals surface area contributed by atoms with Crippen LogP contribution in [0.3, 0.4) is 0 Å². The number of rotatable bonds is 6. The summed E-state index contributed by atoms with van der Waals surface area (Å²) in [6.07, 6.45) is 0.764. The van der Waals surface area contributed by atoms with Crippen molar-refractivity contribution in [3.63, 3.8) is 0 Å². The van der Waals surface area contributed by atoms with Crippen molar-refractivity contribution in [3.8, 4) is 11.5 Å². The molecule has 154 valence electrons. The van der Waals surface area contributed by atoms with Gasteiger partial charge in [-0.25, -0.2) is 0 Å². The fourth-order valence-corrected chi connectivity index (χ4v) is 3.69. The molecule has 6 nitrogen and oxygen atoms in total. The molecule has 6 heteroatoms. The monoisotopic (exact) mass is 396 g/mol. The average Bonchev–Trinajstić information content (AvgIpc) is 2.78. The summed E-state index contributed by atoms with van der Waals surface area (Å²) in [7, 11) is 3.23. The van der Waals surface area contributed by atoms with Crippen molar-refractivity contribution in [2.75, 3.05) is 33.9 Å². The second kappa shape index (κ2) is 8.99. The molecule has 0 atom stereocenters. The van der Waals surface area contributed by atoms with E-state index in [2.05, 4.69) is 0 Å². The van der Waals surface area contributed by atoms with Crippen LogP contribution in [0.4, 0.5) is 0 Å². The first kappa shape index (κ1) is 20.7. The normalized spacial score (nSPS) is 12.9. The number of ether oxygens (including phenoxy) is 2. The molecule has 0 spiro atoms. The van der Waals surface area contributed by atoms with E-state index >= 15 is 0 Å². The molecule has 0 radical (unpaired) electrons. The summed E-state index contributed by atoms with van der Waals surface area (Å²) in [5.74, 6) is 1.33. The zero-order chi connectivity index (χ0) is 21.0. The lowest BCUT2D eigenvalue weighted by Gasteiger charge is -2.29. The SMILES string of the molecule is CCN(CC)C(=O)c1ccc(C(=O)N2CCc3cc(OC)c(OC)cc3C2)cc1. The highest BCUT2D eigenvalue weighted by molar-refractivity contribution is 5.98. The Morgan fingerprint density at radius 2 is 1.48 bits per heavy atom. The number of carbonyl (C=O) groups is 2. The van der Waals surface area contributed by atoms with Crippen molar-refractivity contribution in [3.05, 3.63) is 58.7 Å². The Hall–Kier alpha value is -3.02. The van der Waals surface area contributed by atoms with Crippen molar-refractivity contribution < 1.29 is 19.1 Å². The number of amides is 2. The van der Waals surface area contributed by atoms with Crippen LogP contribution in [0, 0.1) is 0 Å². The average molecular weight is 396 g/mol. The Labute approximate surface area is 172 Å². The predicted molar refractivity (Wildman–Crippen MR) is 112 cm³/mol. The van der Waals surface area contributed by atoms with Crippen LogP contribution in [-0.2, 0) is 13.0 Å². The number of hydrogen-bond donors (Lipinski definition) is 0. The highest BCUT2D eigenvalue weighted by Gasteiger charge is 2.24. The maximum Gasteiger partial charge on any atom is 0.254 e. The molecule has 2 aromatic rings. The van der Waals surface area contributed by atoms with E-state index in [1.807, 2.05) is 30.9 Å². The molecule has 29 heavy (non-hydrogen) atoms. The lowest BCUT2D eigenvalue weighted by atomic mass is 9.98. The van der Waals surface area contributed by atoms with E-state index in [1.165, 1.54) is 5.56 Å². The van der Waals surface area contributed by atoms with Crippen molar-refractivity contribution in [2.24, 2.45) is 0 Å². The maximum absolute atomic E-state index is 13.0. The van der Waals surface area contributed by atoms with Gasteiger partial charge < -0.3 is 19.3 Å². The van der Waals surface area contributed by atoms with Gasteiger partial charge >= 0.3 is 0 Å². The lowest BCUT2D eigenvalue weighted by molar-refractivity contribution is 0.0731. The molecule has 0 unspecified atom stereocenters. The van der Waals surface area contributed by atoms with Gasteiger partial charge in [-0.1, -0.05) is 0 Å². The van der Waals surface area contributed by atoms with Crippen molar-refractivity contribution in [2.45, 2.75) is 26.8 Å². The molecule has 3 rings (SSSR count). The second-order valence-corrected chi connectivity index (χ2v) is 7.01. The molecule has 0 N–H and O–H groups in total. The van der Waals surface area contributed by atoms with E-state index in [-0.39, 0.29) is 11.8 Å². The molecule has 0 aliphatic carbocycles. The lowest BCUT2D eigenvalue weighted by Crippen LogP contribution is -2.36. The molecule has 1 aliphatic rings. The summed E-state index contributed by atoms with van der Waals surface area (Å²) in [4.78, 5) is 29.0. The Bertz CT molecular complexity index is 888. The largest absolute Gasteiger partial charge is 0.493 e. The number of nitrogens with zero attached hydrogens (tertiary/aromatic N) is 2. The first-order valence-electron chi connectivity index (χ1n) is 9.94. The standard InChI is InChI=1S/C23H28N2O4/c1-5-24(6-2)22(26)16-7-9-17(10-8-16)23(27)25-12-11-18-13-20(28-3)21(29-4)14-19(18)15-25/h7-10,13-14H,5-6,11-12,15H2,1-4H3. The summed E-state index contributed by atoms with van der Waals surface area (Å²) in [6.45, 7) is 6.40. The minimum Gasteiger partial charge on any atom is -0.493 e. The Balaban J connectivity index is 1.76. The maximum atomic E-state index is 13.0. The second-order valence-electron chi connectivity index (χ2n) is 7.01. The number of hydrogen-bond acceptors (Lipinski definition) is 4. The van der Waals surface area contributed by atoms with Gasteiger partial charge in [0.05, 0.1) is 14.2 Å². The van der Waals surface area contributed by atoms with Gasteiger partial charge in [0.15, 0.2) is 11.5 Å². The van der Waals surface area contributed by atoms with E-state index in [9.17, 15) is 9.59 Å². The zero-order valence-corrected chi connectivity index (χ0v) is 17.5. The first-order chi connectivity index (χ1) is 14.0. The summed E-state index contributed by atoms with van der Waals surface area (Å²) < 4.78 is 10.8. The minimum atomic E-state index is -0.0349. The molecular formula is C23H28N2O4. The fourth-order valence-electron chi connectivity index (χ4n) is 3.69. The van der Waals surface area contributed by atoms with E-state index in [0.717, 1.165) is 12.0 Å². The van der Waals surface area contributed by atoms with Gasteiger partial charge in [-0.3, -0.25) is 9.59 Å². The Morgan fingerprint density at radius 3 is 2.03 bits per heavy atom. The van der Waals surface area contributed by atoms with Crippen LogP contribution in [0.2, 0.25) is 0 Å². The summed E-state index contributed by atoms with van der Waals surface area (Å²) in [5, 5.41) is 0. The number of carbonyl (C=O) groups excluding carboxylic acids is 2. The van der Waals surface area contributed by atoms with Crippen LogP contribution in [-0.4, -0.2) is 55.5 Å². The van der Waals surface area contributed by atoms with Crippen LogP contribution in [0.5, 0.6) is 11.5 Å². The van der Waals surface area contributed by atoms with Gasteiger partial charge in [-0.05, 0) is 67.8 Å². The highest BCUT2D eigenvalue weighted by Crippen LogP contribution is 2.33. The number of fused-ring (bicyclic) bond motifs is 1. The van der Waals surface area contributed by atoms with Crippen molar-refractivity contribution in [1.29, 1.82) is 0 Å². The molecule has 1 heterocycles. The molecule has 2 aromatic carbocycles. The van der Waals surface area contributed by atoms with Crippen LogP contribution >= 0.6 is 0 Å². The minimum absolute atomic E-state index is 0.0121. The third kappa shape index (κ3) is 4.21. The molecule has 1 aliphatic heterocycles. The molecule has 0 saturated carbocycles. The van der Waals surface area contributed by atoms with E-state index < -0.39 is 0 Å². The highest BCUT2D eigenvalue weighted by atomic mass is 16.5. The van der Waals surface area contributed by atoms with E-state index in [4.69, 9.17) is 9.47 Å². The quantitative estimate of drug-likeness (QED) is 0.751.